The third kappa shape index (κ3) is 4.80. The molecule has 7 nitrogen and oxygen atoms in total. The maximum Gasteiger partial charge on any atom is 0.254 e. The Morgan fingerprint density at radius 3 is 2.89 bits per heavy atom. The molecule has 0 saturated heterocycles. The van der Waals surface area contributed by atoms with E-state index in [9.17, 15) is 9.59 Å². The number of pyridine rings is 1. The highest BCUT2D eigenvalue weighted by molar-refractivity contribution is 5.76. The van der Waals surface area contributed by atoms with E-state index < -0.39 is 0 Å². The first-order chi connectivity index (χ1) is 13.1. The number of aryl methyl sites for hydroxylation is 1. The molecule has 27 heavy (non-hydrogen) atoms. The second-order valence-electron chi connectivity index (χ2n) is 7.17. The molecular formula is C20H27N5O2. The summed E-state index contributed by atoms with van der Waals surface area (Å²) in [4.78, 5) is 36.2. The van der Waals surface area contributed by atoms with Gasteiger partial charge in [-0.3, -0.25) is 14.6 Å². The summed E-state index contributed by atoms with van der Waals surface area (Å²) < 4.78 is 0. The standard InChI is InChI=1S/C20H27N5O2/c1-13-16(20(27)25-19(23-13)15-6-4-10-22-12-15)8-9-18(26)24-17-7-3-2-5-14(17)11-21/h4,6,10,12,14,17H,2-3,5,7-9,11,21H2,1H3,(H,24,26)(H,23,25,27). The quantitative estimate of drug-likeness (QED) is 0.717. The molecule has 0 bridgehead atoms. The fraction of sp³-hybridized carbons (Fsp3) is 0.500. The van der Waals surface area contributed by atoms with Crippen molar-refractivity contribution in [3.63, 3.8) is 0 Å². The molecule has 0 aromatic carbocycles. The number of hydrogen-bond donors (Lipinski definition) is 3. The lowest BCUT2D eigenvalue weighted by atomic mass is 9.84. The molecule has 3 rings (SSSR count). The number of amides is 1. The third-order valence-corrected chi connectivity index (χ3v) is 5.32. The van der Waals surface area contributed by atoms with Gasteiger partial charge in [-0.2, -0.15) is 0 Å². The van der Waals surface area contributed by atoms with E-state index in [4.69, 9.17) is 5.73 Å². The van der Waals surface area contributed by atoms with Gasteiger partial charge in [0.25, 0.3) is 5.56 Å². The molecule has 2 aromatic rings. The third-order valence-electron chi connectivity index (χ3n) is 5.32. The van der Waals surface area contributed by atoms with E-state index in [0.717, 1.165) is 24.8 Å². The topological polar surface area (TPSA) is 114 Å². The van der Waals surface area contributed by atoms with E-state index in [1.54, 1.807) is 25.4 Å². The first-order valence-electron chi connectivity index (χ1n) is 9.58. The number of nitrogens with zero attached hydrogens (tertiary/aromatic N) is 2. The normalized spacial score (nSPS) is 19.6. The first kappa shape index (κ1) is 19.2. The van der Waals surface area contributed by atoms with Crippen LogP contribution in [0.1, 0.15) is 43.4 Å². The molecule has 2 heterocycles. The van der Waals surface area contributed by atoms with Crippen molar-refractivity contribution in [2.24, 2.45) is 11.7 Å². The average Bonchev–Trinajstić information content (AvgIpc) is 2.68. The van der Waals surface area contributed by atoms with Crippen LogP contribution in [0.3, 0.4) is 0 Å². The molecule has 7 heteroatoms. The molecule has 0 spiro atoms. The van der Waals surface area contributed by atoms with Crippen LogP contribution in [0.5, 0.6) is 0 Å². The van der Waals surface area contributed by atoms with Crippen molar-refractivity contribution < 1.29 is 4.79 Å². The minimum absolute atomic E-state index is 0.0320. The molecule has 1 saturated carbocycles. The van der Waals surface area contributed by atoms with Crippen LogP contribution in [0.4, 0.5) is 0 Å². The summed E-state index contributed by atoms with van der Waals surface area (Å²) in [5.41, 5.74) is 7.58. The van der Waals surface area contributed by atoms with Crippen LogP contribution in [0.25, 0.3) is 11.4 Å². The van der Waals surface area contributed by atoms with Gasteiger partial charge >= 0.3 is 0 Å². The van der Waals surface area contributed by atoms with E-state index >= 15 is 0 Å². The summed E-state index contributed by atoms with van der Waals surface area (Å²) >= 11 is 0. The van der Waals surface area contributed by atoms with Gasteiger partial charge in [0.1, 0.15) is 5.82 Å². The Labute approximate surface area is 158 Å². The predicted octanol–water partition coefficient (Wildman–Crippen LogP) is 1.71. The summed E-state index contributed by atoms with van der Waals surface area (Å²) in [6.45, 7) is 2.40. The van der Waals surface area contributed by atoms with Crippen LogP contribution in [0.2, 0.25) is 0 Å². The van der Waals surface area contributed by atoms with Crippen LogP contribution < -0.4 is 16.6 Å². The molecule has 144 valence electrons. The number of aromatic amines is 1. The number of rotatable bonds is 6. The van der Waals surface area contributed by atoms with Gasteiger partial charge in [0.05, 0.1) is 0 Å². The number of nitrogens with one attached hydrogen (secondary N) is 2. The van der Waals surface area contributed by atoms with Crippen molar-refractivity contribution in [1.82, 2.24) is 20.3 Å². The molecule has 1 amide bonds. The van der Waals surface area contributed by atoms with Crippen molar-refractivity contribution in [2.75, 3.05) is 6.54 Å². The van der Waals surface area contributed by atoms with Crippen molar-refractivity contribution in [3.8, 4) is 11.4 Å². The molecule has 2 unspecified atom stereocenters. The Balaban J connectivity index is 1.64. The zero-order valence-electron chi connectivity index (χ0n) is 15.7. The molecule has 0 radical (unpaired) electrons. The lowest BCUT2D eigenvalue weighted by Gasteiger charge is -2.31. The van der Waals surface area contributed by atoms with Gasteiger partial charge in [0.15, 0.2) is 0 Å². The molecule has 4 N–H and O–H groups in total. The second kappa shape index (κ2) is 8.90. The zero-order valence-corrected chi connectivity index (χ0v) is 15.7. The van der Waals surface area contributed by atoms with Gasteiger partial charge < -0.3 is 16.0 Å². The predicted molar refractivity (Wildman–Crippen MR) is 104 cm³/mol. The molecular weight excluding hydrogens is 342 g/mol. The fourth-order valence-corrected chi connectivity index (χ4v) is 3.74. The highest BCUT2D eigenvalue weighted by Gasteiger charge is 2.25. The molecule has 1 fully saturated rings. The number of hydrogen-bond acceptors (Lipinski definition) is 5. The van der Waals surface area contributed by atoms with Gasteiger partial charge in [0, 0.05) is 41.7 Å². The van der Waals surface area contributed by atoms with Gasteiger partial charge in [-0.1, -0.05) is 12.8 Å². The fourth-order valence-electron chi connectivity index (χ4n) is 3.74. The minimum atomic E-state index is -0.202. The number of carbonyl (C=O) groups is 1. The van der Waals surface area contributed by atoms with Crippen LogP contribution in [-0.4, -0.2) is 33.4 Å². The van der Waals surface area contributed by atoms with Gasteiger partial charge in [-0.25, -0.2) is 4.98 Å². The minimum Gasteiger partial charge on any atom is -0.353 e. The highest BCUT2D eigenvalue weighted by Crippen LogP contribution is 2.23. The van der Waals surface area contributed by atoms with Gasteiger partial charge in [-0.15, -0.1) is 0 Å². The number of carbonyl (C=O) groups excluding carboxylic acids is 1. The molecule has 0 aliphatic heterocycles. The summed E-state index contributed by atoms with van der Waals surface area (Å²) in [7, 11) is 0. The van der Waals surface area contributed by atoms with Crippen LogP contribution in [-0.2, 0) is 11.2 Å². The Bertz CT molecular complexity index is 834. The van der Waals surface area contributed by atoms with Gasteiger partial charge in [0.2, 0.25) is 5.91 Å². The lowest BCUT2D eigenvalue weighted by Crippen LogP contribution is -2.44. The van der Waals surface area contributed by atoms with Crippen molar-refractivity contribution >= 4 is 5.91 Å². The molecule has 2 aromatic heterocycles. The summed E-state index contributed by atoms with van der Waals surface area (Å²) in [6.07, 6.45) is 8.32. The SMILES string of the molecule is Cc1nc(-c2cccnc2)[nH]c(=O)c1CCC(=O)NC1CCCCC1CN. The Morgan fingerprint density at radius 2 is 2.19 bits per heavy atom. The van der Waals surface area contributed by atoms with E-state index in [0.29, 0.717) is 36.0 Å². The van der Waals surface area contributed by atoms with Crippen molar-refractivity contribution in [2.45, 2.75) is 51.5 Å². The summed E-state index contributed by atoms with van der Waals surface area (Å²) in [5.74, 6) is 0.815. The monoisotopic (exact) mass is 369 g/mol. The van der Waals surface area contributed by atoms with Crippen LogP contribution in [0.15, 0.2) is 29.3 Å². The number of nitrogens with two attached hydrogens (primary N) is 1. The smallest absolute Gasteiger partial charge is 0.254 e. The lowest BCUT2D eigenvalue weighted by molar-refractivity contribution is -0.122. The maximum atomic E-state index is 12.5. The highest BCUT2D eigenvalue weighted by atomic mass is 16.1. The van der Waals surface area contributed by atoms with Crippen LogP contribution in [0, 0.1) is 12.8 Å². The molecule has 1 aliphatic carbocycles. The molecule has 1 aliphatic rings. The van der Waals surface area contributed by atoms with E-state index in [1.807, 2.05) is 6.07 Å². The average molecular weight is 369 g/mol. The largest absolute Gasteiger partial charge is 0.353 e. The number of aromatic nitrogens is 3. The second-order valence-corrected chi connectivity index (χ2v) is 7.17. The first-order valence-corrected chi connectivity index (χ1v) is 9.58. The zero-order chi connectivity index (χ0) is 19.2. The van der Waals surface area contributed by atoms with E-state index in [-0.39, 0.29) is 23.9 Å². The summed E-state index contributed by atoms with van der Waals surface area (Å²) in [5, 5.41) is 3.11. The molecule has 2 atom stereocenters. The Kier molecular flexibility index (Phi) is 6.34. The van der Waals surface area contributed by atoms with Crippen molar-refractivity contribution in [1.29, 1.82) is 0 Å². The van der Waals surface area contributed by atoms with Crippen molar-refractivity contribution in [3.05, 3.63) is 46.1 Å². The summed E-state index contributed by atoms with van der Waals surface area (Å²) in [6, 6.07) is 3.79. The Hall–Kier alpha value is -2.54. The van der Waals surface area contributed by atoms with Crippen LogP contribution >= 0.6 is 0 Å². The maximum absolute atomic E-state index is 12.5. The van der Waals surface area contributed by atoms with E-state index in [2.05, 4.69) is 20.3 Å². The van der Waals surface area contributed by atoms with E-state index in [1.165, 1.54) is 6.42 Å². The Morgan fingerprint density at radius 1 is 1.37 bits per heavy atom. The number of H-pyrrole nitrogens is 1. The van der Waals surface area contributed by atoms with Gasteiger partial charge in [-0.05, 0) is 50.8 Å².